The van der Waals surface area contributed by atoms with Crippen molar-refractivity contribution in [2.75, 3.05) is 12.9 Å². The third-order valence-electron chi connectivity index (χ3n) is 3.89. The van der Waals surface area contributed by atoms with Crippen LogP contribution < -0.4 is 0 Å². The average molecular weight is 399 g/mol. The van der Waals surface area contributed by atoms with E-state index in [0.29, 0.717) is 10.8 Å². The molecule has 0 saturated carbocycles. The number of nitrogens with zero attached hydrogens (tertiary/aromatic N) is 2. The number of thioether (sulfide) groups is 1. The number of hydrogen-bond donors (Lipinski definition) is 0. The number of aryl methyl sites for hydroxylation is 1. The second kappa shape index (κ2) is 8.93. The van der Waals surface area contributed by atoms with Crippen molar-refractivity contribution < 1.29 is 9.53 Å². The minimum absolute atomic E-state index is 0.362. The monoisotopic (exact) mass is 398 g/mol. The average Bonchev–Trinajstić information content (AvgIpc) is 3.10. The predicted octanol–water partition coefficient (Wildman–Crippen LogP) is 5.32. The Morgan fingerprint density at radius 2 is 1.89 bits per heavy atom. The van der Waals surface area contributed by atoms with Crippen LogP contribution in [0.25, 0.3) is 16.9 Å². The maximum absolute atomic E-state index is 11.2. The minimum atomic E-state index is -0.362. The van der Waals surface area contributed by atoms with E-state index in [9.17, 15) is 4.79 Å². The summed E-state index contributed by atoms with van der Waals surface area (Å²) in [7, 11) is 1.36. The van der Waals surface area contributed by atoms with Crippen molar-refractivity contribution in [3.05, 3.63) is 77.5 Å². The number of methoxy groups -OCH3 is 1. The number of aromatic nitrogens is 2. The van der Waals surface area contributed by atoms with Crippen molar-refractivity contribution >= 4 is 29.3 Å². The summed E-state index contributed by atoms with van der Waals surface area (Å²) in [5.74, 6) is 0.247. The lowest BCUT2D eigenvalue weighted by Crippen LogP contribution is -1.96. The van der Waals surface area contributed by atoms with Crippen molar-refractivity contribution in [3.8, 4) is 16.9 Å². The summed E-state index contributed by atoms with van der Waals surface area (Å²) in [6, 6.07) is 15.9. The molecule has 4 nitrogen and oxygen atoms in total. The van der Waals surface area contributed by atoms with E-state index in [2.05, 4.69) is 40.5 Å². The van der Waals surface area contributed by atoms with E-state index in [1.165, 1.54) is 18.7 Å². The van der Waals surface area contributed by atoms with Crippen LogP contribution in [0.2, 0.25) is 5.02 Å². The molecule has 27 heavy (non-hydrogen) atoms. The number of ether oxygens (including phenoxy) is 1. The van der Waals surface area contributed by atoms with E-state index in [1.54, 1.807) is 17.8 Å². The zero-order chi connectivity index (χ0) is 19.2. The summed E-state index contributed by atoms with van der Waals surface area (Å²) in [4.78, 5) is 16.0. The smallest absolute Gasteiger partial charge is 0.330 e. The van der Waals surface area contributed by atoms with Gasteiger partial charge in [-0.25, -0.2) is 9.78 Å². The van der Waals surface area contributed by atoms with Crippen LogP contribution in [0.5, 0.6) is 0 Å². The van der Waals surface area contributed by atoms with E-state index >= 15 is 0 Å². The number of halogens is 1. The van der Waals surface area contributed by atoms with Crippen LogP contribution in [0.1, 0.15) is 5.56 Å². The van der Waals surface area contributed by atoms with Crippen LogP contribution in [0, 0.1) is 6.92 Å². The van der Waals surface area contributed by atoms with Crippen LogP contribution in [0.4, 0.5) is 0 Å². The quantitative estimate of drug-likeness (QED) is 0.320. The predicted molar refractivity (Wildman–Crippen MR) is 111 cm³/mol. The van der Waals surface area contributed by atoms with Gasteiger partial charge in [0.2, 0.25) is 0 Å². The molecule has 138 valence electrons. The Bertz CT molecular complexity index is 947. The van der Waals surface area contributed by atoms with Gasteiger partial charge in [0.1, 0.15) is 0 Å². The van der Waals surface area contributed by atoms with E-state index in [1.807, 2.05) is 30.5 Å². The molecule has 0 aliphatic heterocycles. The third kappa shape index (κ3) is 5.02. The summed E-state index contributed by atoms with van der Waals surface area (Å²) in [6.45, 7) is 2.06. The van der Waals surface area contributed by atoms with Crippen LogP contribution >= 0.6 is 23.4 Å². The number of carbonyl (C=O) groups excluding carboxylic acids is 1. The minimum Gasteiger partial charge on any atom is -0.466 e. The highest BCUT2D eigenvalue weighted by atomic mass is 35.5. The van der Waals surface area contributed by atoms with Gasteiger partial charge >= 0.3 is 5.97 Å². The van der Waals surface area contributed by atoms with Gasteiger partial charge in [-0.15, -0.1) is 0 Å². The van der Waals surface area contributed by atoms with Crippen LogP contribution in [-0.2, 0) is 9.53 Å². The molecular formula is C21H19ClN2O2S. The standard InChI is InChI=1S/C21H19ClN2O2S/c1-15-5-11-18(12-6-15)24-14-19(16-7-9-17(22)10-8-16)23-21(24)27-13-3-4-20(25)26-2/h3-12,14H,13H2,1-2H3/b4-3+. The second-order valence-electron chi connectivity index (χ2n) is 5.86. The lowest BCUT2D eigenvalue weighted by molar-refractivity contribution is -0.134. The lowest BCUT2D eigenvalue weighted by atomic mass is 10.2. The summed E-state index contributed by atoms with van der Waals surface area (Å²) >= 11 is 7.54. The zero-order valence-electron chi connectivity index (χ0n) is 15.1. The van der Waals surface area contributed by atoms with Gasteiger partial charge in [0, 0.05) is 34.3 Å². The molecule has 0 N–H and O–H groups in total. The highest BCUT2D eigenvalue weighted by Gasteiger charge is 2.11. The fraction of sp³-hybridized carbons (Fsp3) is 0.143. The molecule has 0 radical (unpaired) electrons. The second-order valence-corrected chi connectivity index (χ2v) is 7.28. The first kappa shape index (κ1) is 19.3. The largest absolute Gasteiger partial charge is 0.466 e. The maximum Gasteiger partial charge on any atom is 0.330 e. The first-order valence-corrected chi connectivity index (χ1v) is 9.73. The van der Waals surface area contributed by atoms with Crippen LogP contribution in [0.15, 0.2) is 72.0 Å². The maximum atomic E-state index is 11.2. The lowest BCUT2D eigenvalue weighted by Gasteiger charge is -2.06. The molecule has 3 aromatic rings. The van der Waals surface area contributed by atoms with Gasteiger partial charge in [-0.3, -0.25) is 4.57 Å². The topological polar surface area (TPSA) is 44.1 Å². The van der Waals surface area contributed by atoms with Gasteiger partial charge in [-0.2, -0.15) is 0 Å². The van der Waals surface area contributed by atoms with E-state index in [-0.39, 0.29) is 5.97 Å². The van der Waals surface area contributed by atoms with Crippen molar-refractivity contribution in [1.29, 1.82) is 0 Å². The molecular weight excluding hydrogens is 380 g/mol. The molecule has 0 spiro atoms. The SMILES string of the molecule is COC(=O)/C=C/CSc1nc(-c2ccc(Cl)cc2)cn1-c1ccc(C)cc1. The molecule has 3 rings (SSSR count). The number of imidazole rings is 1. The van der Waals surface area contributed by atoms with Crippen molar-refractivity contribution in [2.45, 2.75) is 12.1 Å². The van der Waals surface area contributed by atoms with E-state index in [0.717, 1.165) is 22.1 Å². The number of carbonyl (C=O) groups is 1. The Kier molecular flexibility index (Phi) is 6.37. The Morgan fingerprint density at radius 1 is 1.19 bits per heavy atom. The molecule has 0 saturated heterocycles. The van der Waals surface area contributed by atoms with E-state index in [4.69, 9.17) is 16.6 Å². The van der Waals surface area contributed by atoms with E-state index < -0.39 is 0 Å². The molecule has 0 atom stereocenters. The summed E-state index contributed by atoms with van der Waals surface area (Å²) in [6.07, 6.45) is 5.21. The fourth-order valence-corrected chi connectivity index (χ4v) is 3.38. The number of hydrogen-bond acceptors (Lipinski definition) is 4. The van der Waals surface area contributed by atoms with Crippen LogP contribution in [0.3, 0.4) is 0 Å². The molecule has 6 heteroatoms. The Labute approximate surface area is 167 Å². The summed E-state index contributed by atoms with van der Waals surface area (Å²) in [5.41, 5.74) is 4.10. The molecule has 0 bridgehead atoms. The molecule has 0 fully saturated rings. The van der Waals surface area contributed by atoms with Crippen molar-refractivity contribution in [1.82, 2.24) is 9.55 Å². The molecule has 1 aromatic heterocycles. The molecule has 0 aliphatic carbocycles. The molecule has 2 aromatic carbocycles. The number of esters is 1. The number of rotatable bonds is 6. The molecule has 0 amide bonds. The zero-order valence-corrected chi connectivity index (χ0v) is 16.6. The highest BCUT2D eigenvalue weighted by molar-refractivity contribution is 7.99. The van der Waals surface area contributed by atoms with Crippen molar-refractivity contribution in [2.24, 2.45) is 0 Å². The number of benzene rings is 2. The Balaban J connectivity index is 1.91. The Morgan fingerprint density at radius 3 is 2.56 bits per heavy atom. The van der Waals surface area contributed by atoms with Gasteiger partial charge < -0.3 is 4.74 Å². The molecule has 1 heterocycles. The normalized spacial score (nSPS) is 11.1. The molecule has 0 unspecified atom stereocenters. The fourth-order valence-electron chi connectivity index (χ4n) is 2.45. The third-order valence-corrected chi connectivity index (χ3v) is 5.05. The van der Waals surface area contributed by atoms with Gasteiger partial charge in [0.25, 0.3) is 0 Å². The van der Waals surface area contributed by atoms with Gasteiger partial charge in [0.15, 0.2) is 5.16 Å². The first-order chi connectivity index (χ1) is 13.1. The Hall–Kier alpha value is -2.50. The molecule has 0 aliphatic rings. The first-order valence-electron chi connectivity index (χ1n) is 8.36. The van der Waals surface area contributed by atoms with Gasteiger partial charge in [-0.05, 0) is 31.2 Å². The highest BCUT2D eigenvalue weighted by Crippen LogP contribution is 2.28. The van der Waals surface area contributed by atoms with Gasteiger partial charge in [-0.1, -0.05) is 59.3 Å². The van der Waals surface area contributed by atoms with Gasteiger partial charge in [0.05, 0.1) is 12.8 Å². The van der Waals surface area contributed by atoms with Crippen LogP contribution in [-0.4, -0.2) is 28.4 Å². The van der Waals surface area contributed by atoms with Crippen molar-refractivity contribution in [3.63, 3.8) is 0 Å². The summed E-state index contributed by atoms with van der Waals surface area (Å²) in [5, 5.41) is 1.54. The summed E-state index contributed by atoms with van der Waals surface area (Å²) < 4.78 is 6.67.